The molecule has 0 N–H and O–H groups in total. The predicted molar refractivity (Wildman–Crippen MR) is 70.4 cm³/mol. The van der Waals surface area contributed by atoms with Gasteiger partial charge in [0.2, 0.25) is 0 Å². The van der Waals surface area contributed by atoms with Gasteiger partial charge in [-0.05, 0) is 43.5 Å². The summed E-state index contributed by atoms with van der Waals surface area (Å²) in [7, 11) is 0. The normalized spacial score (nSPS) is 10.2. The fraction of sp³-hybridized carbons (Fsp3) is 0.188. The Morgan fingerprint density at radius 3 is 2.35 bits per heavy atom. The summed E-state index contributed by atoms with van der Waals surface area (Å²) in [6, 6.07) is 16.4. The third-order valence-corrected chi connectivity index (χ3v) is 2.79. The molecule has 2 aromatic rings. The highest BCUT2D eigenvalue weighted by atomic mass is 16.1. The van der Waals surface area contributed by atoms with Crippen molar-refractivity contribution < 1.29 is 4.79 Å². The van der Waals surface area contributed by atoms with Crippen LogP contribution in [0.4, 0.5) is 0 Å². The number of aryl methyl sites for hydroxylation is 1. The lowest BCUT2D eigenvalue weighted by atomic mass is 9.99. The van der Waals surface area contributed by atoms with E-state index in [0.29, 0.717) is 0 Å². The van der Waals surface area contributed by atoms with Crippen LogP contribution in [0.5, 0.6) is 0 Å². The minimum Gasteiger partial charge on any atom is -0.295 e. The van der Waals surface area contributed by atoms with E-state index in [-0.39, 0.29) is 5.78 Å². The Balaban J connectivity index is 2.30. The van der Waals surface area contributed by atoms with Gasteiger partial charge in [-0.15, -0.1) is 0 Å². The molecule has 0 aliphatic heterocycles. The summed E-state index contributed by atoms with van der Waals surface area (Å²) in [5.74, 6) is 0.128. The number of carbonyl (C=O) groups excluding carboxylic acids is 1. The van der Waals surface area contributed by atoms with Crippen molar-refractivity contribution in [1.82, 2.24) is 0 Å². The Bertz CT molecular complexity index is 526. The van der Waals surface area contributed by atoms with Crippen LogP contribution in [0, 0.1) is 6.92 Å². The topological polar surface area (TPSA) is 17.1 Å². The van der Waals surface area contributed by atoms with Crippen molar-refractivity contribution in [3.8, 4) is 0 Å². The molecule has 17 heavy (non-hydrogen) atoms. The van der Waals surface area contributed by atoms with E-state index in [4.69, 9.17) is 0 Å². The summed E-state index contributed by atoms with van der Waals surface area (Å²) < 4.78 is 0. The molecule has 0 saturated carbocycles. The van der Waals surface area contributed by atoms with Crippen molar-refractivity contribution in [2.75, 3.05) is 0 Å². The van der Waals surface area contributed by atoms with E-state index in [9.17, 15) is 4.79 Å². The highest BCUT2D eigenvalue weighted by Crippen LogP contribution is 2.14. The third-order valence-electron chi connectivity index (χ3n) is 2.79. The fourth-order valence-corrected chi connectivity index (χ4v) is 2.00. The van der Waals surface area contributed by atoms with Gasteiger partial charge in [-0.1, -0.05) is 42.0 Å². The van der Waals surface area contributed by atoms with Gasteiger partial charge >= 0.3 is 0 Å². The summed E-state index contributed by atoms with van der Waals surface area (Å²) in [4.78, 5) is 11.4. The van der Waals surface area contributed by atoms with E-state index in [1.165, 1.54) is 11.1 Å². The van der Waals surface area contributed by atoms with Crippen molar-refractivity contribution >= 4 is 5.78 Å². The average molecular weight is 224 g/mol. The van der Waals surface area contributed by atoms with Gasteiger partial charge in [0.1, 0.15) is 0 Å². The molecule has 0 radical (unpaired) electrons. The van der Waals surface area contributed by atoms with Crippen molar-refractivity contribution in [3.05, 3.63) is 70.8 Å². The standard InChI is InChI=1S/C16H16O/c1-12-8-15(11-16(9-12)13(2)17)10-14-6-4-3-5-7-14/h3-9,11H,10H2,1-2H3. The molecule has 0 atom stereocenters. The number of ketones is 1. The maximum absolute atomic E-state index is 11.4. The van der Waals surface area contributed by atoms with Crippen LogP contribution >= 0.6 is 0 Å². The molecule has 0 unspecified atom stereocenters. The van der Waals surface area contributed by atoms with Crippen LogP contribution in [-0.4, -0.2) is 5.78 Å². The summed E-state index contributed by atoms with van der Waals surface area (Å²) in [5, 5.41) is 0. The van der Waals surface area contributed by atoms with E-state index in [1.54, 1.807) is 6.92 Å². The van der Waals surface area contributed by atoms with Crippen LogP contribution in [0.15, 0.2) is 48.5 Å². The molecule has 86 valence electrons. The first-order valence-corrected chi connectivity index (χ1v) is 5.80. The van der Waals surface area contributed by atoms with Crippen LogP contribution in [0.25, 0.3) is 0 Å². The third kappa shape index (κ3) is 3.04. The lowest BCUT2D eigenvalue weighted by Gasteiger charge is -2.06. The van der Waals surface area contributed by atoms with Crippen LogP contribution in [0.1, 0.15) is 34.0 Å². The fourth-order valence-electron chi connectivity index (χ4n) is 2.00. The molecule has 0 aliphatic rings. The second kappa shape index (κ2) is 4.96. The largest absolute Gasteiger partial charge is 0.295 e. The summed E-state index contributed by atoms with van der Waals surface area (Å²) in [6.45, 7) is 3.64. The SMILES string of the molecule is CC(=O)c1cc(C)cc(Cc2ccccc2)c1. The average Bonchev–Trinajstić information content (AvgIpc) is 2.29. The molecule has 0 aromatic heterocycles. The minimum atomic E-state index is 0.128. The molecule has 0 saturated heterocycles. The second-order valence-corrected chi connectivity index (χ2v) is 4.43. The number of benzene rings is 2. The Morgan fingerprint density at radius 2 is 1.71 bits per heavy atom. The van der Waals surface area contributed by atoms with Crippen LogP contribution in [-0.2, 0) is 6.42 Å². The maximum Gasteiger partial charge on any atom is 0.159 e. The second-order valence-electron chi connectivity index (χ2n) is 4.43. The molecular formula is C16H16O. The molecule has 0 fully saturated rings. The Morgan fingerprint density at radius 1 is 1.00 bits per heavy atom. The smallest absolute Gasteiger partial charge is 0.159 e. The zero-order valence-corrected chi connectivity index (χ0v) is 10.2. The number of hydrogen-bond acceptors (Lipinski definition) is 1. The number of Topliss-reactive ketones (excluding diaryl/α,β-unsaturated/α-hetero) is 1. The molecule has 0 aliphatic carbocycles. The lowest BCUT2D eigenvalue weighted by Crippen LogP contribution is -1.96. The molecule has 2 aromatic carbocycles. The Labute approximate surface area is 102 Å². The minimum absolute atomic E-state index is 0.128. The van der Waals surface area contributed by atoms with E-state index in [0.717, 1.165) is 17.5 Å². The number of hydrogen-bond donors (Lipinski definition) is 0. The molecule has 0 amide bonds. The summed E-state index contributed by atoms with van der Waals surface area (Å²) in [6.07, 6.45) is 0.878. The lowest BCUT2D eigenvalue weighted by molar-refractivity contribution is 0.101. The highest BCUT2D eigenvalue weighted by Gasteiger charge is 2.03. The quantitative estimate of drug-likeness (QED) is 0.725. The molecule has 0 spiro atoms. The molecule has 2 rings (SSSR count). The molecule has 1 heteroatoms. The summed E-state index contributed by atoms with van der Waals surface area (Å²) in [5.41, 5.74) is 4.41. The molecule has 0 heterocycles. The molecule has 0 bridgehead atoms. The molecule has 1 nitrogen and oxygen atoms in total. The van der Waals surface area contributed by atoms with Gasteiger partial charge in [0.05, 0.1) is 0 Å². The van der Waals surface area contributed by atoms with E-state index >= 15 is 0 Å². The van der Waals surface area contributed by atoms with Crippen molar-refractivity contribution in [2.45, 2.75) is 20.3 Å². The van der Waals surface area contributed by atoms with Crippen molar-refractivity contribution in [1.29, 1.82) is 0 Å². The van der Waals surface area contributed by atoms with Gasteiger partial charge in [0, 0.05) is 5.56 Å². The number of rotatable bonds is 3. The highest BCUT2D eigenvalue weighted by molar-refractivity contribution is 5.94. The van der Waals surface area contributed by atoms with Gasteiger partial charge < -0.3 is 0 Å². The Hall–Kier alpha value is -1.89. The summed E-state index contributed by atoms with van der Waals surface area (Å²) >= 11 is 0. The molecular weight excluding hydrogens is 208 g/mol. The van der Waals surface area contributed by atoms with Gasteiger partial charge in [-0.3, -0.25) is 4.79 Å². The van der Waals surface area contributed by atoms with Crippen molar-refractivity contribution in [3.63, 3.8) is 0 Å². The maximum atomic E-state index is 11.4. The first-order chi connectivity index (χ1) is 8.15. The zero-order chi connectivity index (χ0) is 12.3. The first-order valence-electron chi connectivity index (χ1n) is 5.80. The van der Waals surface area contributed by atoms with Crippen LogP contribution in [0.3, 0.4) is 0 Å². The number of carbonyl (C=O) groups is 1. The van der Waals surface area contributed by atoms with Gasteiger partial charge in [0.15, 0.2) is 5.78 Å². The van der Waals surface area contributed by atoms with E-state index in [1.807, 2.05) is 37.3 Å². The van der Waals surface area contributed by atoms with E-state index in [2.05, 4.69) is 18.2 Å². The van der Waals surface area contributed by atoms with Crippen LogP contribution < -0.4 is 0 Å². The van der Waals surface area contributed by atoms with Gasteiger partial charge in [0.25, 0.3) is 0 Å². The van der Waals surface area contributed by atoms with Gasteiger partial charge in [-0.2, -0.15) is 0 Å². The Kier molecular flexibility index (Phi) is 3.38. The predicted octanol–water partition coefficient (Wildman–Crippen LogP) is 3.79. The monoisotopic (exact) mass is 224 g/mol. The van der Waals surface area contributed by atoms with Crippen molar-refractivity contribution in [2.24, 2.45) is 0 Å². The van der Waals surface area contributed by atoms with Gasteiger partial charge in [-0.25, -0.2) is 0 Å². The zero-order valence-electron chi connectivity index (χ0n) is 10.2. The van der Waals surface area contributed by atoms with Crippen LogP contribution in [0.2, 0.25) is 0 Å². The first kappa shape index (κ1) is 11.6. The van der Waals surface area contributed by atoms with E-state index < -0.39 is 0 Å².